The fraction of sp³-hybridized carbons (Fsp3) is 0.125. The van der Waals surface area contributed by atoms with E-state index in [1.165, 1.54) is 0 Å². The lowest BCUT2D eigenvalue weighted by molar-refractivity contribution is -0.109. The second-order valence-electron chi connectivity index (χ2n) is 4.05. The molecule has 0 radical (unpaired) electrons. The van der Waals surface area contributed by atoms with Crippen molar-refractivity contribution < 1.29 is 4.79 Å². The number of carbonyl (C=O) groups is 1. The Morgan fingerprint density at radius 3 is 2.11 bits per heavy atom. The monoisotopic (exact) mass is 267 g/mol. The van der Waals surface area contributed by atoms with E-state index in [0.29, 0.717) is 0 Å². The van der Waals surface area contributed by atoms with Crippen LogP contribution in [0.2, 0.25) is 0 Å². The van der Waals surface area contributed by atoms with Gasteiger partial charge in [-0.2, -0.15) is 5.26 Å². The van der Waals surface area contributed by atoms with Gasteiger partial charge in [-0.25, -0.2) is 0 Å². The second-order valence-corrected chi connectivity index (χ2v) is 5.27. The molecule has 2 rings (SSSR count). The Labute approximate surface area is 117 Å². The Morgan fingerprint density at radius 2 is 1.58 bits per heavy atom. The van der Waals surface area contributed by atoms with Gasteiger partial charge >= 0.3 is 0 Å². The number of hydrogen-bond acceptors (Lipinski definition) is 3. The van der Waals surface area contributed by atoms with Crippen molar-refractivity contribution in [1.82, 2.24) is 0 Å². The third-order valence-corrected chi connectivity index (χ3v) is 4.12. The van der Waals surface area contributed by atoms with Gasteiger partial charge in [-0.1, -0.05) is 48.5 Å². The fourth-order valence-corrected chi connectivity index (χ4v) is 2.98. The molecule has 0 amide bonds. The molecule has 3 heteroatoms. The predicted octanol–water partition coefficient (Wildman–Crippen LogP) is 3.86. The van der Waals surface area contributed by atoms with Crippen LogP contribution in [0.4, 0.5) is 0 Å². The summed E-state index contributed by atoms with van der Waals surface area (Å²) in [6.45, 7) is 0. The average Bonchev–Trinajstić information content (AvgIpc) is 2.49. The molecule has 0 fully saturated rings. The normalized spacial score (nSPS) is 13.2. The van der Waals surface area contributed by atoms with E-state index >= 15 is 0 Å². The van der Waals surface area contributed by atoms with Crippen LogP contribution in [0.25, 0.3) is 0 Å². The van der Waals surface area contributed by atoms with Crippen LogP contribution in [-0.4, -0.2) is 6.29 Å². The number of carbonyl (C=O) groups excluding carboxylic acids is 1. The summed E-state index contributed by atoms with van der Waals surface area (Å²) in [7, 11) is 0. The van der Waals surface area contributed by atoms with Gasteiger partial charge in [0.05, 0.1) is 11.3 Å². The topological polar surface area (TPSA) is 40.9 Å². The quantitative estimate of drug-likeness (QED) is 0.610. The first kappa shape index (κ1) is 13.4. The summed E-state index contributed by atoms with van der Waals surface area (Å²) >= 11 is 1.55. The molecule has 0 bridgehead atoms. The van der Waals surface area contributed by atoms with Gasteiger partial charge in [0.25, 0.3) is 0 Å². The van der Waals surface area contributed by atoms with Crippen molar-refractivity contribution in [1.29, 1.82) is 5.26 Å². The maximum atomic E-state index is 11.1. The summed E-state index contributed by atoms with van der Waals surface area (Å²) in [5.41, 5.74) is 0.995. The Morgan fingerprint density at radius 1 is 1.00 bits per heavy atom. The number of hydrogen-bond donors (Lipinski definition) is 0. The Balaban J connectivity index is 2.30. The Hall–Kier alpha value is -2.05. The summed E-state index contributed by atoms with van der Waals surface area (Å²) in [4.78, 5) is 12.2. The van der Waals surface area contributed by atoms with Crippen molar-refractivity contribution in [2.45, 2.75) is 10.1 Å². The highest BCUT2D eigenvalue weighted by Gasteiger charge is 2.23. The van der Waals surface area contributed by atoms with Crippen molar-refractivity contribution in [3.63, 3.8) is 0 Å². The first-order valence-corrected chi connectivity index (χ1v) is 6.84. The summed E-state index contributed by atoms with van der Waals surface area (Å²) in [6.07, 6.45) is 0.730. The number of nitrogens with zero attached hydrogens (tertiary/aromatic N) is 1. The largest absolute Gasteiger partial charge is 0.302 e. The van der Waals surface area contributed by atoms with Crippen LogP contribution >= 0.6 is 11.8 Å². The van der Waals surface area contributed by atoms with Crippen molar-refractivity contribution >= 4 is 18.0 Å². The van der Waals surface area contributed by atoms with Crippen LogP contribution in [0, 0.1) is 17.2 Å². The Kier molecular flexibility index (Phi) is 4.77. The van der Waals surface area contributed by atoms with E-state index in [1.54, 1.807) is 11.8 Å². The zero-order chi connectivity index (χ0) is 13.5. The summed E-state index contributed by atoms with van der Waals surface area (Å²) in [5, 5.41) is 8.97. The van der Waals surface area contributed by atoms with Gasteiger partial charge in [-0.05, 0) is 17.7 Å². The van der Waals surface area contributed by atoms with Gasteiger partial charge in [0, 0.05) is 4.90 Å². The molecule has 2 nitrogen and oxygen atoms in total. The van der Waals surface area contributed by atoms with Crippen molar-refractivity contribution in [2.24, 2.45) is 5.92 Å². The maximum Gasteiger partial charge on any atom is 0.138 e. The molecule has 0 aromatic heterocycles. The van der Waals surface area contributed by atoms with E-state index in [-0.39, 0.29) is 5.25 Å². The molecule has 2 atom stereocenters. The molecule has 0 unspecified atom stereocenters. The summed E-state index contributed by atoms with van der Waals surface area (Å²) < 4.78 is 0. The zero-order valence-electron chi connectivity index (χ0n) is 10.3. The van der Waals surface area contributed by atoms with Crippen molar-refractivity contribution in [3.05, 3.63) is 66.2 Å². The first-order valence-electron chi connectivity index (χ1n) is 5.96. The van der Waals surface area contributed by atoms with Crippen LogP contribution in [-0.2, 0) is 4.79 Å². The van der Waals surface area contributed by atoms with Gasteiger partial charge in [0.2, 0.25) is 0 Å². The summed E-state index contributed by atoms with van der Waals surface area (Å²) in [5.74, 6) is -0.646. The number of thioether (sulfide) groups is 1. The molecular weight excluding hydrogens is 254 g/mol. The molecule has 19 heavy (non-hydrogen) atoms. The minimum atomic E-state index is -0.646. The molecule has 2 aromatic carbocycles. The molecule has 0 spiro atoms. The predicted molar refractivity (Wildman–Crippen MR) is 76.6 cm³/mol. The number of rotatable bonds is 5. The highest BCUT2D eigenvalue weighted by atomic mass is 32.2. The third-order valence-electron chi connectivity index (χ3n) is 2.76. The molecule has 0 heterocycles. The van der Waals surface area contributed by atoms with Gasteiger partial charge in [-0.3, -0.25) is 0 Å². The van der Waals surface area contributed by atoms with Crippen LogP contribution in [0.5, 0.6) is 0 Å². The zero-order valence-corrected chi connectivity index (χ0v) is 11.1. The van der Waals surface area contributed by atoms with Gasteiger partial charge < -0.3 is 4.79 Å². The Bertz CT molecular complexity index is 562. The van der Waals surface area contributed by atoms with E-state index in [9.17, 15) is 4.79 Å². The van der Waals surface area contributed by atoms with E-state index in [4.69, 9.17) is 5.26 Å². The lowest BCUT2D eigenvalue weighted by Crippen LogP contribution is -2.09. The van der Waals surface area contributed by atoms with Crippen LogP contribution in [0.15, 0.2) is 65.6 Å². The van der Waals surface area contributed by atoms with Gasteiger partial charge in [0.15, 0.2) is 0 Å². The smallest absolute Gasteiger partial charge is 0.138 e. The standard InChI is InChI=1S/C16H13NOS/c17-11-14(12-18)16(13-7-3-1-4-8-13)19-15-9-5-2-6-10-15/h1-10,12,14,16H/t14-,16-/m1/s1. The molecule has 0 aliphatic rings. The first-order chi connectivity index (χ1) is 9.35. The fourth-order valence-electron chi connectivity index (χ4n) is 1.81. The molecule has 94 valence electrons. The van der Waals surface area contributed by atoms with E-state index in [2.05, 4.69) is 6.07 Å². The maximum absolute atomic E-state index is 11.1. The van der Waals surface area contributed by atoms with Gasteiger partial charge in [-0.15, -0.1) is 11.8 Å². The molecule has 0 N–H and O–H groups in total. The minimum Gasteiger partial charge on any atom is -0.302 e. The molecule has 0 aliphatic heterocycles. The lowest BCUT2D eigenvalue weighted by Gasteiger charge is -2.18. The average molecular weight is 267 g/mol. The number of aldehydes is 1. The van der Waals surface area contributed by atoms with E-state index in [0.717, 1.165) is 16.7 Å². The second kappa shape index (κ2) is 6.77. The van der Waals surface area contributed by atoms with E-state index < -0.39 is 5.92 Å². The van der Waals surface area contributed by atoms with Crippen molar-refractivity contribution in [2.75, 3.05) is 0 Å². The molecule has 0 aliphatic carbocycles. The number of benzene rings is 2. The van der Waals surface area contributed by atoms with Crippen molar-refractivity contribution in [3.8, 4) is 6.07 Å². The highest BCUT2D eigenvalue weighted by Crippen LogP contribution is 2.39. The summed E-state index contributed by atoms with van der Waals surface area (Å²) in [6, 6.07) is 21.6. The number of nitriles is 1. The molecular formula is C16H13NOS. The third kappa shape index (κ3) is 3.46. The minimum absolute atomic E-state index is 0.175. The van der Waals surface area contributed by atoms with Gasteiger partial charge in [0.1, 0.15) is 12.2 Å². The van der Waals surface area contributed by atoms with Crippen LogP contribution in [0.1, 0.15) is 10.8 Å². The molecule has 0 saturated carbocycles. The SMILES string of the molecule is N#C[C@H](C=O)[C@H](Sc1ccccc1)c1ccccc1. The van der Waals surface area contributed by atoms with Crippen LogP contribution in [0.3, 0.4) is 0 Å². The van der Waals surface area contributed by atoms with E-state index in [1.807, 2.05) is 60.7 Å². The molecule has 0 saturated heterocycles. The lowest BCUT2D eigenvalue weighted by atomic mass is 10.0. The molecule has 2 aromatic rings. The van der Waals surface area contributed by atoms with Crippen LogP contribution < -0.4 is 0 Å². The highest BCUT2D eigenvalue weighted by molar-refractivity contribution is 7.99.